The number of rotatable bonds is 5. The lowest BCUT2D eigenvalue weighted by atomic mass is 10.3. The van der Waals surface area contributed by atoms with Crippen LogP contribution in [0.1, 0.15) is 16.2 Å². The van der Waals surface area contributed by atoms with Crippen LogP contribution in [0.5, 0.6) is 5.75 Å². The normalized spacial score (nSPS) is 10.7. The van der Waals surface area contributed by atoms with Crippen LogP contribution in [-0.4, -0.2) is 15.3 Å². The smallest absolute Gasteiger partial charge is 0.291 e. The zero-order valence-electron chi connectivity index (χ0n) is 14.2. The van der Waals surface area contributed by atoms with Crippen molar-refractivity contribution in [1.82, 2.24) is 9.38 Å². The summed E-state index contributed by atoms with van der Waals surface area (Å²) in [4.78, 5) is 28.4. The van der Waals surface area contributed by atoms with E-state index in [-0.39, 0.29) is 23.8 Å². The van der Waals surface area contributed by atoms with Crippen LogP contribution in [0.3, 0.4) is 0 Å². The molecule has 0 fully saturated rings. The lowest BCUT2D eigenvalue weighted by Gasteiger charge is -2.08. The molecule has 0 saturated heterocycles. The summed E-state index contributed by atoms with van der Waals surface area (Å²) in [6.45, 7) is 0.165. The Morgan fingerprint density at radius 2 is 1.96 bits per heavy atom. The van der Waals surface area contributed by atoms with E-state index in [0.29, 0.717) is 22.8 Å². The molecule has 7 heteroatoms. The van der Waals surface area contributed by atoms with Gasteiger partial charge in [-0.2, -0.15) is 0 Å². The molecule has 134 valence electrons. The van der Waals surface area contributed by atoms with Crippen molar-refractivity contribution in [2.45, 2.75) is 6.61 Å². The van der Waals surface area contributed by atoms with Crippen molar-refractivity contribution in [3.63, 3.8) is 0 Å². The van der Waals surface area contributed by atoms with Crippen LogP contribution >= 0.6 is 0 Å². The molecule has 3 heterocycles. The Labute approximate surface area is 153 Å². The molecule has 0 bridgehead atoms. The van der Waals surface area contributed by atoms with Gasteiger partial charge in [0.05, 0.1) is 12.0 Å². The topological polar surface area (TPSA) is 85.8 Å². The number of hydrogen-bond donors (Lipinski definition) is 1. The second kappa shape index (κ2) is 7.17. The molecule has 1 N–H and O–H groups in total. The Bertz CT molecular complexity index is 1130. The minimum absolute atomic E-state index is 0.157. The summed E-state index contributed by atoms with van der Waals surface area (Å²) in [5.74, 6) is 0.513. The van der Waals surface area contributed by atoms with Crippen molar-refractivity contribution in [2.75, 3.05) is 5.32 Å². The fraction of sp³-hybridized carbons (Fsp3) is 0.0500. The van der Waals surface area contributed by atoms with Gasteiger partial charge in [-0.15, -0.1) is 0 Å². The SMILES string of the molecule is O=C(Nc1ccc(OCc2cc(=O)n3ccccc3n2)cc1)c1ccco1. The number of furan rings is 1. The van der Waals surface area contributed by atoms with E-state index in [9.17, 15) is 9.59 Å². The first-order valence-electron chi connectivity index (χ1n) is 8.24. The summed E-state index contributed by atoms with van der Waals surface area (Å²) in [6, 6.07) is 17.0. The number of nitrogens with zero attached hydrogens (tertiary/aromatic N) is 2. The van der Waals surface area contributed by atoms with Gasteiger partial charge in [0.25, 0.3) is 11.5 Å². The van der Waals surface area contributed by atoms with Crippen LogP contribution in [0.15, 0.2) is 82.3 Å². The van der Waals surface area contributed by atoms with Gasteiger partial charge in [0.2, 0.25) is 0 Å². The third-order valence-corrected chi connectivity index (χ3v) is 3.87. The highest BCUT2D eigenvalue weighted by Crippen LogP contribution is 2.17. The van der Waals surface area contributed by atoms with Gasteiger partial charge in [-0.05, 0) is 48.5 Å². The molecule has 0 saturated carbocycles. The molecule has 1 aromatic carbocycles. The molecular weight excluding hydrogens is 346 g/mol. The molecule has 0 spiro atoms. The Kier molecular flexibility index (Phi) is 4.40. The van der Waals surface area contributed by atoms with E-state index < -0.39 is 0 Å². The number of fused-ring (bicyclic) bond motifs is 1. The largest absolute Gasteiger partial charge is 0.487 e. The van der Waals surface area contributed by atoms with Crippen LogP contribution < -0.4 is 15.6 Å². The molecule has 3 aromatic heterocycles. The van der Waals surface area contributed by atoms with E-state index in [2.05, 4.69) is 10.3 Å². The van der Waals surface area contributed by atoms with Crippen molar-refractivity contribution in [2.24, 2.45) is 0 Å². The third kappa shape index (κ3) is 3.72. The van der Waals surface area contributed by atoms with Gasteiger partial charge in [0.1, 0.15) is 18.0 Å². The number of benzene rings is 1. The standard InChI is InChI=1S/C20H15N3O4/c24-19-12-15(21-18-5-1-2-10-23(18)19)13-27-16-8-6-14(7-9-16)22-20(25)17-4-3-11-26-17/h1-12H,13H2,(H,22,25). The summed E-state index contributed by atoms with van der Waals surface area (Å²) in [5, 5.41) is 2.73. The Hall–Kier alpha value is -3.87. The first-order valence-corrected chi connectivity index (χ1v) is 8.24. The highest BCUT2D eigenvalue weighted by molar-refractivity contribution is 6.02. The van der Waals surface area contributed by atoms with Gasteiger partial charge in [0, 0.05) is 18.0 Å². The van der Waals surface area contributed by atoms with Crippen molar-refractivity contribution in [1.29, 1.82) is 0 Å². The monoisotopic (exact) mass is 361 g/mol. The lowest BCUT2D eigenvalue weighted by Crippen LogP contribution is -2.16. The second-order valence-electron chi connectivity index (χ2n) is 5.76. The maximum atomic E-state index is 12.1. The molecule has 0 aliphatic heterocycles. The average molecular weight is 361 g/mol. The van der Waals surface area contributed by atoms with E-state index in [1.807, 2.05) is 6.07 Å². The number of carbonyl (C=O) groups excluding carboxylic acids is 1. The van der Waals surface area contributed by atoms with E-state index in [1.165, 1.54) is 16.7 Å². The number of ether oxygens (including phenoxy) is 1. The fourth-order valence-corrected chi connectivity index (χ4v) is 2.57. The minimum atomic E-state index is -0.325. The highest BCUT2D eigenvalue weighted by Gasteiger charge is 2.08. The summed E-state index contributed by atoms with van der Waals surface area (Å²) >= 11 is 0. The molecular formula is C20H15N3O4. The molecule has 0 atom stereocenters. The number of amides is 1. The van der Waals surface area contributed by atoms with Gasteiger partial charge >= 0.3 is 0 Å². The van der Waals surface area contributed by atoms with E-state index in [4.69, 9.17) is 9.15 Å². The number of anilines is 1. The van der Waals surface area contributed by atoms with E-state index in [1.54, 1.807) is 54.7 Å². The molecule has 0 aliphatic rings. The highest BCUT2D eigenvalue weighted by atomic mass is 16.5. The van der Waals surface area contributed by atoms with Crippen molar-refractivity contribution in [3.8, 4) is 5.75 Å². The first kappa shape index (κ1) is 16.6. The number of pyridine rings is 1. The molecule has 7 nitrogen and oxygen atoms in total. The predicted octanol–water partition coefficient (Wildman–Crippen LogP) is 3.12. The number of hydrogen-bond acceptors (Lipinski definition) is 5. The van der Waals surface area contributed by atoms with Crippen LogP contribution in [0.4, 0.5) is 5.69 Å². The number of carbonyl (C=O) groups is 1. The predicted molar refractivity (Wildman–Crippen MR) is 98.9 cm³/mol. The van der Waals surface area contributed by atoms with Crippen LogP contribution in [-0.2, 0) is 6.61 Å². The summed E-state index contributed by atoms with van der Waals surface area (Å²) < 4.78 is 12.2. The summed E-state index contributed by atoms with van der Waals surface area (Å²) in [6.07, 6.45) is 3.11. The molecule has 0 aliphatic carbocycles. The molecule has 4 aromatic rings. The Morgan fingerprint density at radius 1 is 1.11 bits per heavy atom. The van der Waals surface area contributed by atoms with Gasteiger partial charge in [-0.1, -0.05) is 6.07 Å². The average Bonchev–Trinajstić information content (AvgIpc) is 3.23. The van der Waals surface area contributed by atoms with Gasteiger partial charge < -0.3 is 14.5 Å². The maximum Gasteiger partial charge on any atom is 0.291 e. The van der Waals surface area contributed by atoms with Gasteiger partial charge in [0.15, 0.2) is 5.76 Å². The zero-order valence-corrected chi connectivity index (χ0v) is 14.2. The van der Waals surface area contributed by atoms with E-state index in [0.717, 1.165) is 0 Å². The molecule has 27 heavy (non-hydrogen) atoms. The van der Waals surface area contributed by atoms with Crippen LogP contribution in [0.25, 0.3) is 5.65 Å². The lowest BCUT2D eigenvalue weighted by molar-refractivity contribution is 0.0996. The maximum absolute atomic E-state index is 12.1. The van der Waals surface area contributed by atoms with Crippen molar-refractivity contribution in [3.05, 3.63) is 94.9 Å². The minimum Gasteiger partial charge on any atom is -0.487 e. The third-order valence-electron chi connectivity index (χ3n) is 3.87. The Balaban J connectivity index is 1.42. The van der Waals surface area contributed by atoms with Gasteiger partial charge in [-0.3, -0.25) is 14.0 Å². The van der Waals surface area contributed by atoms with Crippen molar-refractivity contribution >= 4 is 17.2 Å². The summed E-state index contributed by atoms with van der Waals surface area (Å²) in [7, 11) is 0. The number of aromatic nitrogens is 2. The van der Waals surface area contributed by atoms with Crippen molar-refractivity contribution < 1.29 is 13.9 Å². The second-order valence-corrected chi connectivity index (χ2v) is 5.76. The van der Waals surface area contributed by atoms with Crippen LogP contribution in [0, 0.1) is 0 Å². The molecule has 1 amide bonds. The van der Waals surface area contributed by atoms with Crippen LogP contribution in [0.2, 0.25) is 0 Å². The molecule has 0 radical (unpaired) electrons. The first-order chi connectivity index (χ1) is 13.2. The Morgan fingerprint density at radius 3 is 2.74 bits per heavy atom. The van der Waals surface area contributed by atoms with E-state index >= 15 is 0 Å². The molecule has 4 rings (SSSR count). The van der Waals surface area contributed by atoms with Gasteiger partial charge in [-0.25, -0.2) is 4.98 Å². The molecule has 0 unspecified atom stereocenters. The fourth-order valence-electron chi connectivity index (χ4n) is 2.57. The quantitative estimate of drug-likeness (QED) is 0.590. The number of nitrogens with one attached hydrogen (secondary N) is 1. The zero-order chi connectivity index (χ0) is 18.6. The summed E-state index contributed by atoms with van der Waals surface area (Å²) in [5.41, 5.74) is 1.57.